The largest absolute Gasteiger partial charge is 0.493 e. The summed E-state index contributed by atoms with van der Waals surface area (Å²) in [5.41, 5.74) is 7.49. The lowest BCUT2D eigenvalue weighted by molar-refractivity contribution is -0.127. The topological polar surface area (TPSA) is 64.1 Å². The Kier molecular flexibility index (Phi) is 14.2. The zero-order valence-corrected chi connectivity index (χ0v) is 32.5. The molecule has 0 unspecified atom stereocenters. The molecule has 0 aliphatic carbocycles. The summed E-state index contributed by atoms with van der Waals surface area (Å²) in [6.45, 7) is 10.9. The smallest absolute Gasteiger partial charge is 0.246 e. The first-order valence-corrected chi connectivity index (χ1v) is 18.2. The molecule has 1 aliphatic rings. The second-order valence-electron chi connectivity index (χ2n) is 13.1. The highest BCUT2D eigenvalue weighted by Crippen LogP contribution is 2.34. The van der Waals surface area contributed by atoms with Crippen molar-refractivity contribution in [3.8, 4) is 23.1 Å². The van der Waals surface area contributed by atoms with Crippen molar-refractivity contribution in [1.29, 1.82) is 0 Å². The maximum atomic E-state index is 13.1. The molecule has 0 saturated carbocycles. The number of nitrogens with zero attached hydrogens (tertiary/aromatic N) is 3. The first-order chi connectivity index (χ1) is 25.2. The van der Waals surface area contributed by atoms with E-state index < -0.39 is 0 Å². The molecule has 0 bridgehead atoms. The SMILES string of the molecule is Cc1cc(C)cc(OCCc2ccc(CN3CCN(C(=O)/C=C/c4cc(C)c(Oc5ccc(OCc6ccccc6Cl)cn5)c(Cl)c4)CC3)cc2)c1.Cl. The van der Waals surface area contributed by atoms with E-state index in [0.29, 0.717) is 53.7 Å². The van der Waals surface area contributed by atoms with Gasteiger partial charge in [-0.1, -0.05) is 71.7 Å². The van der Waals surface area contributed by atoms with Gasteiger partial charge < -0.3 is 19.1 Å². The highest BCUT2D eigenvalue weighted by Gasteiger charge is 2.20. The Bertz CT molecular complexity index is 1970. The van der Waals surface area contributed by atoms with Crippen molar-refractivity contribution >= 4 is 47.6 Å². The number of pyridine rings is 1. The Labute approximate surface area is 328 Å². The number of piperazine rings is 1. The van der Waals surface area contributed by atoms with Crippen molar-refractivity contribution in [3.05, 3.63) is 152 Å². The van der Waals surface area contributed by atoms with E-state index in [1.54, 1.807) is 36.5 Å². The summed E-state index contributed by atoms with van der Waals surface area (Å²) < 4.78 is 17.8. The number of carbonyl (C=O) groups is 1. The van der Waals surface area contributed by atoms with Gasteiger partial charge in [0.05, 0.1) is 17.8 Å². The fourth-order valence-corrected chi connectivity index (χ4v) is 6.65. The first-order valence-electron chi connectivity index (χ1n) is 17.5. The van der Waals surface area contributed by atoms with Crippen LogP contribution in [-0.4, -0.2) is 53.5 Å². The van der Waals surface area contributed by atoms with Gasteiger partial charge in [-0.3, -0.25) is 9.69 Å². The minimum absolute atomic E-state index is 0. The Hall–Kier alpha value is -4.53. The third-order valence-electron chi connectivity index (χ3n) is 8.91. The predicted octanol–water partition coefficient (Wildman–Crippen LogP) is 10.1. The van der Waals surface area contributed by atoms with Crippen molar-refractivity contribution in [3.63, 3.8) is 0 Å². The third kappa shape index (κ3) is 11.5. The average Bonchev–Trinajstić information content (AvgIpc) is 3.13. The van der Waals surface area contributed by atoms with Gasteiger partial charge in [-0.05, 0) is 96.6 Å². The van der Waals surface area contributed by atoms with E-state index in [4.69, 9.17) is 37.4 Å². The van der Waals surface area contributed by atoms with Gasteiger partial charge in [0.25, 0.3) is 0 Å². The molecule has 10 heteroatoms. The molecule has 1 amide bonds. The van der Waals surface area contributed by atoms with Crippen molar-refractivity contribution < 1.29 is 19.0 Å². The normalized spacial score (nSPS) is 13.1. The second kappa shape index (κ2) is 19.0. The van der Waals surface area contributed by atoms with E-state index in [9.17, 15) is 4.79 Å². The molecule has 6 rings (SSSR count). The van der Waals surface area contributed by atoms with Gasteiger partial charge in [0.15, 0.2) is 5.75 Å². The van der Waals surface area contributed by atoms with E-state index >= 15 is 0 Å². The molecule has 1 aromatic heterocycles. The predicted molar refractivity (Wildman–Crippen MR) is 216 cm³/mol. The Balaban J connectivity index is 0.00000541. The molecule has 276 valence electrons. The van der Waals surface area contributed by atoms with Crippen LogP contribution >= 0.6 is 35.6 Å². The molecule has 53 heavy (non-hydrogen) atoms. The van der Waals surface area contributed by atoms with Crippen LogP contribution in [0.4, 0.5) is 0 Å². The van der Waals surface area contributed by atoms with Crippen molar-refractivity contribution in [1.82, 2.24) is 14.8 Å². The maximum absolute atomic E-state index is 13.1. The van der Waals surface area contributed by atoms with Crippen LogP contribution in [0.25, 0.3) is 6.08 Å². The quantitative estimate of drug-likeness (QED) is 0.111. The molecule has 1 fully saturated rings. The minimum atomic E-state index is -0.0119. The zero-order valence-electron chi connectivity index (χ0n) is 30.2. The number of rotatable bonds is 13. The fraction of sp³-hybridized carbons (Fsp3) is 0.256. The van der Waals surface area contributed by atoms with Crippen LogP contribution in [0.15, 0.2) is 103 Å². The molecule has 5 aromatic rings. The van der Waals surface area contributed by atoms with Gasteiger partial charge in [-0.15, -0.1) is 12.4 Å². The number of carbonyl (C=O) groups excluding carboxylic acids is 1. The summed E-state index contributed by atoms with van der Waals surface area (Å²) in [5, 5.41) is 1.09. The van der Waals surface area contributed by atoms with Crippen LogP contribution in [0.1, 0.15) is 38.9 Å². The summed E-state index contributed by atoms with van der Waals surface area (Å²) in [6.07, 6.45) is 5.88. The summed E-state index contributed by atoms with van der Waals surface area (Å²) in [5.74, 6) is 2.41. The van der Waals surface area contributed by atoms with Crippen molar-refractivity contribution in [2.24, 2.45) is 0 Å². The summed E-state index contributed by atoms with van der Waals surface area (Å²) in [4.78, 5) is 21.7. The highest BCUT2D eigenvalue weighted by molar-refractivity contribution is 6.32. The van der Waals surface area contributed by atoms with E-state index in [0.717, 1.165) is 48.5 Å². The van der Waals surface area contributed by atoms with Gasteiger partial charge in [0.2, 0.25) is 11.8 Å². The van der Waals surface area contributed by atoms with Crippen molar-refractivity contribution in [2.75, 3.05) is 32.8 Å². The van der Waals surface area contributed by atoms with E-state index in [2.05, 4.69) is 66.2 Å². The Morgan fingerprint density at radius 3 is 2.19 bits per heavy atom. The van der Waals surface area contributed by atoms with Gasteiger partial charge in [-0.25, -0.2) is 4.98 Å². The van der Waals surface area contributed by atoms with Crippen molar-refractivity contribution in [2.45, 2.75) is 40.3 Å². The zero-order chi connectivity index (χ0) is 36.5. The molecule has 1 saturated heterocycles. The number of ether oxygens (including phenoxy) is 3. The Morgan fingerprint density at radius 2 is 1.51 bits per heavy atom. The average molecular weight is 773 g/mol. The molecule has 0 radical (unpaired) electrons. The van der Waals surface area contributed by atoms with Gasteiger partial charge in [0, 0.05) is 61.9 Å². The summed E-state index contributed by atoms with van der Waals surface area (Å²) in [6, 6.07) is 29.9. The van der Waals surface area contributed by atoms with Crippen LogP contribution in [0, 0.1) is 20.8 Å². The van der Waals surface area contributed by atoms with E-state index in [-0.39, 0.29) is 18.3 Å². The maximum Gasteiger partial charge on any atom is 0.246 e. The van der Waals surface area contributed by atoms with Crippen LogP contribution in [0.2, 0.25) is 10.0 Å². The number of amides is 1. The molecular formula is C43H44Cl3N3O4. The number of halogens is 3. The number of aryl methyl sites for hydroxylation is 3. The first kappa shape index (κ1) is 39.7. The lowest BCUT2D eigenvalue weighted by Crippen LogP contribution is -2.47. The molecule has 4 aromatic carbocycles. The molecule has 0 spiro atoms. The lowest BCUT2D eigenvalue weighted by atomic mass is 10.1. The standard InChI is InChI=1S/C43H43Cl2N3O4.ClH/c1-30-22-31(2)24-38(23-30)50-21-16-33-8-10-34(11-9-33)28-47-17-19-48(20-18-47)42(49)15-12-35-25-32(3)43(40(45)26-35)52-41-14-13-37(27-46-41)51-29-36-6-4-5-7-39(36)44;/h4-15,22-27H,16-21,28-29H2,1-3H3;1H/b15-12+;. The molecule has 0 N–H and O–H groups in total. The molecule has 7 nitrogen and oxygen atoms in total. The number of hydrogen-bond donors (Lipinski definition) is 0. The van der Waals surface area contributed by atoms with E-state index in [1.807, 2.05) is 42.2 Å². The number of benzene rings is 4. The summed E-state index contributed by atoms with van der Waals surface area (Å²) >= 11 is 12.8. The monoisotopic (exact) mass is 771 g/mol. The van der Waals surface area contributed by atoms with Gasteiger partial charge >= 0.3 is 0 Å². The third-order valence-corrected chi connectivity index (χ3v) is 9.56. The number of hydrogen-bond acceptors (Lipinski definition) is 6. The molecular weight excluding hydrogens is 729 g/mol. The highest BCUT2D eigenvalue weighted by atomic mass is 35.5. The molecule has 1 aliphatic heterocycles. The summed E-state index contributed by atoms with van der Waals surface area (Å²) in [7, 11) is 0. The second-order valence-corrected chi connectivity index (χ2v) is 14.0. The van der Waals surface area contributed by atoms with E-state index in [1.165, 1.54) is 22.3 Å². The lowest BCUT2D eigenvalue weighted by Gasteiger charge is -2.34. The molecule has 2 heterocycles. The van der Waals surface area contributed by atoms with Crippen LogP contribution in [0.5, 0.6) is 23.1 Å². The number of aromatic nitrogens is 1. The van der Waals surface area contributed by atoms with Crippen LogP contribution in [-0.2, 0) is 24.4 Å². The van der Waals surface area contributed by atoms with Crippen LogP contribution < -0.4 is 14.2 Å². The fourth-order valence-electron chi connectivity index (χ4n) is 6.15. The van der Waals surface area contributed by atoms with Gasteiger partial charge in [0.1, 0.15) is 18.1 Å². The van der Waals surface area contributed by atoms with Gasteiger partial charge in [-0.2, -0.15) is 0 Å². The van der Waals surface area contributed by atoms with Crippen LogP contribution in [0.3, 0.4) is 0 Å². The Morgan fingerprint density at radius 1 is 0.792 bits per heavy atom. The molecule has 0 atom stereocenters. The minimum Gasteiger partial charge on any atom is -0.493 e.